The summed E-state index contributed by atoms with van der Waals surface area (Å²) in [4.78, 5) is 4.09. The molecule has 2 aromatic rings. The van der Waals surface area contributed by atoms with Gasteiger partial charge in [-0.3, -0.25) is 4.98 Å². The molecule has 2 N–H and O–H groups in total. The Morgan fingerprint density at radius 1 is 1.35 bits per heavy atom. The molecule has 2 heterocycles. The van der Waals surface area contributed by atoms with Gasteiger partial charge < -0.3 is 10.6 Å². The molecule has 1 fully saturated rings. The van der Waals surface area contributed by atoms with Crippen molar-refractivity contribution in [1.29, 1.82) is 0 Å². The van der Waals surface area contributed by atoms with Gasteiger partial charge in [0, 0.05) is 29.9 Å². The molecule has 1 aliphatic heterocycles. The van der Waals surface area contributed by atoms with E-state index in [0.29, 0.717) is 11.6 Å². The van der Waals surface area contributed by atoms with Gasteiger partial charge >= 0.3 is 0 Å². The highest BCUT2D eigenvalue weighted by Crippen LogP contribution is 2.25. The van der Waals surface area contributed by atoms with Crippen LogP contribution in [0.15, 0.2) is 30.5 Å². The second-order valence-electron chi connectivity index (χ2n) is 4.33. The Kier molecular flexibility index (Phi) is 2.65. The topological polar surface area (TPSA) is 37.0 Å². The highest BCUT2D eigenvalue weighted by Gasteiger charge is 2.15. The molecule has 1 atom stereocenters. The highest BCUT2D eigenvalue weighted by molar-refractivity contribution is 5.91. The van der Waals surface area contributed by atoms with Gasteiger partial charge in [-0.05, 0) is 37.2 Å². The minimum Gasteiger partial charge on any atom is -0.380 e. The van der Waals surface area contributed by atoms with E-state index in [9.17, 15) is 4.39 Å². The maximum atomic E-state index is 13.6. The third-order valence-corrected chi connectivity index (χ3v) is 3.14. The Balaban J connectivity index is 2.01. The fraction of sp³-hybridized carbons (Fsp3) is 0.308. The van der Waals surface area contributed by atoms with Crippen molar-refractivity contribution < 1.29 is 4.39 Å². The van der Waals surface area contributed by atoms with Crippen LogP contribution in [0, 0.1) is 5.82 Å². The van der Waals surface area contributed by atoms with E-state index in [1.54, 1.807) is 12.3 Å². The summed E-state index contributed by atoms with van der Waals surface area (Å²) >= 11 is 0. The molecular formula is C13H14FN3. The number of hydrogen-bond acceptors (Lipinski definition) is 3. The van der Waals surface area contributed by atoms with Crippen molar-refractivity contribution in [1.82, 2.24) is 10.3 Å². The molecule has 0 amide bonds. The quantitative estimate of drug-likeness (QED) is 0.831. The summed E-state index contributed by atoms with van der Waals surface area (Å²) in [5, 5.41) is 7.59. The van der Waals surface area contributed by atoms with Crippen LogP contribution in [-0.2, 0) is 0 Å². The molecule has 1 unspecified atom stereocenters. The number of rotatable bonds is 2. The molecule has 88 valence electrons. The van der Waals surface area contributed by atoms with Crippen LogP contribution in [0.4, 0.5) is 10.1 Å². The number of pyridine rings is 1. The predicted molar refractivity (Wildman–Crippen MR) is 66.6 cm³/mol. The van der Waals surface area contributed by atoms with Crippen LogP contribution >= 0.6 is 0 Å². The van der Waals surface area contributed by atoms with Crippen molar-refractivity contribution in [3.8, 4) is 0 Å². The SMILES string of the molecule is Fc1ccc(NC2CCNC2)c2cccnc12. The Labute approximate surface area is 99.1 Å². The van der Waals surface area contributed by atoms with E-state index in [2.05, 4.69) is 15.6 Å². The fourth-order valence-corrected chi connectivity index (χ4v) is 2.26. The van der Waals surface area contributed by atoms with Crippen molar-refractivity contribution in [2.45, 2.75) is 12.5 Å². The molecule has 4 heteroatoms. The molecule has 0 spiro atoms. The van der Waals surface area contributed by atoms with E-state index >= 15 is 0 Å². The molecule has 0 aliphatic carbocycles. The van der Waals surface area contributed by atoms with Crippen LogP contribution < -0.4 is 10.6 Å². The van der Waals surface area contributed by atoms with Gasteiger partial charge in [-0.25, -0.2) is 4.39 Å². The Hall–Kier alpha value is -1.68. The summed E-state index contributed by atoms with van der Waals surface area (Å²) in [5.41, 5.74) is 1.40. The van der Waals surface area contributed by atoms with Gasteiger partial charge in [-0.2, -0.15) is 0 Å². The zero-order valence-corrected chi connectivity index (χ0v) is 9.41. The first-order chi connectivity index (χ1) is 8.34. The second kappa shape index (κ2) is 4.30. The summed E-state index contributed by atoms with van der Waals surface area (Å²) < 4.78 is 13.6. The van der Waals surface area contributed by atoms with Gasteiger partial charge in [0.25, 0.3) is 0 Å². The average molecular weight is 231 g/mol. The number of nitrogens with zero attached hydrogens (tertiary/aromatic N) is 1. The zero-order chi connectivity index (χ0) is 11.7. The van der Waals surface area contributed by atoms with E-state index in [0.717, 1.165) is 30.6 Å². The van der Waals surface area contributed by atoms with Crippen molar-refractivity contribution in [3.63, 3.8) is 0 Å². The van der Waals surface area contributed by atoms with Gasteiger partial charge in [0.1, 0.15) is 11.3 Å². The van der Waals surface area contributed by atoms with E-state index < -0.39 is 0 Å². The van der Waals surface area contributed by atoms with Crippen molar-refractivity contribution >= 4 is 16.6 Å². The number of fused-ring (bicyclic) bond motifs is 1. The minimum atomic E-state index is -0.268. The first-order valence-corrected chi connectivity index (χ1v) is 5.85. The third kappa shape index (κ3) is 1.96. The van der Waals surface area contributed by atoms with Gasteiger partial charge in [0.2, 0.25) is 0 Å². The van der Waals surface area contributed by atoms with Crippen LogP contribution in [0.1, 0.15) is 6.42 Å². The molecule has 1 aromatic carbocycles. The molecular weight excluding hydrogens is 217 g/mol. The molecule has 3 nitrogen and oxygen atoms in total. The van der Waals surface area contributed by atoms with Crippen molar-refractivity contribution in [2.24, 2.45) is 0 Å². The number of halogens is 1. The van der Waals surface area contributed by atoms with Gasteiger partial charge in [-0.1, -0.05) is 0 Å². The smallest absolute Gasteiger partial charge is 0.149 e. The molecule has 0 radical (unpaired) electrons. The molecule has 0 saturated carbocycles. The van der Waals surface area contributed by atoms with E-state index in [-0.39, 0.29) is 5.82 Å². The Morgan fingerprint density at radius 3 is 3.12 bits per heavy atom. The molecule has 3 rings (SSSR count). The van der Waals surface area contributed by atoms with Crippen LogP contribution in [0.5, 0.6) is 0 Å². The Bertz CT molecular complexity index is 535. The number of benzene rings is 1. The standard InChI is InChI=1S/C13H14FN3/c14-11-3-4-12(17-9-5-7-15-8-9)10-2-1-6-16-13(10)11/h1-4,6,9,15,17H,5,7-8H2. The van der Waals surface area contributed by atoms with Crippen LogP contribution in [0.25, 0.3) is 10.9 Å². The van der Waals surface area contributed by atoms with Crippen molar-refractivity contribution in [2.75, 3.05) is 18.4 Å². The van der Waals surface area contributed by atoms with E-state index in [4.69, 9.17) is 0 Å². The first-order valence-electron chi connectivity index (χ1n) is 5.85. The lowest BCUT2D eigenvalue weighted by Crippen LogP contribution is -2.22. The van der Waals surface area contributed by atoms with Crippen molar-refractivity contribution in [3.05, 3.63) is 36.3 Å². The second-order valence-corrected chi connectivity index (χ2v) is 4.33. The number of nitrogens with one attached hydrogen (secondary N) is 2. The molecule has 1 aromatic heterocycles. The third-order valence-electron chi connectivity index (χ3n) is 3.14. The average Bonchev–Trinajstić information content (AvgIpc) is 2.86. The predicted octanol–water partition coefficient (Wildman–Crippen LogP) is 2.15. The lowest BCUT2D eigenvalue weighted by molar-refractivity contribution is 0.637. The molecule has 17 heavy (non-hydrogen) atoms. The molecule has 0 bridgehead atoms. The maximum absolute atomic E-state index is 13.6. The molecule has 1 saturated heterocycles. The van der Waals surface area contributed by atoms with Gasteiger partial charge in [0.15, 0.2) is 0 Å². The lowest BCUT2D eigenvalue weighted by Gasteiger charge is -2.14. The lowest BCUT2D eigenvalue weighted by atomic mass is 10.1. The van der Waals surface area contributed by atoms with Crippen LogP contribution in [-0.4, -0.2) is 24.1 Å². The number of aromatic nitrogens is 1. The van der Waals surface area contributed by atoms with E-state index in [1.807, 2.05) is 12.1 Å². The van der Waals surface area contributed by atoms with Gasteiger partial charge in [0.05, 0.1) is 0 Å². The normalized spacial score (nSPS) is 19.7. The molecule has 1 aliphatic rings. The van der Waals surface area contributed by atoms with Crippen LogP contribution in [0.3, 0.4) is 0 Å². The number of anilines is 1. The summed E-state index contributed by atoms with van der Waals surface area (Å²) in [7, 11) is 0. The van der Waals surface area contributed by atoms with Gasteiger partial charge in [-0.15, -0.1) is 0 Å². The van der Waals surface area contributed by atoms with Crippen LogP contribution in [0.2, 0.25) is 0 Å². The van der Waals surface area contributed by atoms with E-state index in [1.165, 1.54) is 6.07 Å². The minimum absolute atomic E-state index is 0.268. The number of hydrogen-bond donors (Lipinski definition) is 2. The summed E-state index contributed by atoms with van der Waals surface area (Å²) in [6.45, 7) is 1.99. The largest absolute Gasteiger partial charge is 0.380 e. The highest BCUT2D eigenvalue weighted by atomic mass is 19.1. The fourth-order valence-electron chi connectivity index (χ4n) is 2.26. The summed E-state index contributed by atoms with van der Waals surface area (Å²) in [6, 6.07) is 7.41. The maximum Gasteiger partial charge on any atom is 0.149 e. The summed E-state index contributed by atoms with van der Waals surface area (Å²) in [5.74, 6) is -0.268. The first kappa shape index (κ1) is 10.5. The monoisotopic (exact) mass is 231 g/mol. The zero-order valence-electron chi connectivity index (χ0n) is 9.41. The summed E-state index contributed by atoms with van der Waals surface area (Å²) in [6.07, 6.45) is 2.71. The Morgan fingerprint density at radius 2 is 2.29 bits per heavy atom.